The van der Waals surface area contributed by atoms with E-state index in [-0.39, 0.29) is 11.4 Å². The highest BCUT2D eigenvalue weighted by atomic mass is 19.1. The number of hydrogen-bond acceptors (Lipinski definition) is 2. The van der Waals surface area contributed by atoms with Gasteiger partial charge in [0.05, 0.1) is 5.60 Å². The average molecular weight is 277 g/mol. The lowest BCUT2D eigenvalue weighted by atomic mass is 9.89. The van der Waals surface area contributed by atoms with Crippen LogP contribution in [0.25, 0.3) is 0 Å². The number of hydrogen-bond donors (Lipinski definition) is 1. The van der Waals surface area contributed by atoms with Gasteiger partial charge in [0, 0.05) is 12.6 Å². The summed E-state index contributed by atoms with van der Waals surface area (Å²) < 4.78 is 19.6. The van der Waals surface area contributed by atoms with E-state index in [9.17, 15) is 4.39 Å². The molecule has 0 bridgehead atoms. The van der Waals surface area contributed by atoms with Crippen molar-refractivity contribution >= 4 is 0 Å². The third-order valence-electron chi connectivity index (χ3n) is 4.79. The van der Waals surface area contributed by atoms with E-state index in [1.165, 1.54) is 31.7 Å². The van der Waals surface area contributed by atoms with Crippen LogP contribution >= 0.6 is 0 Å². The first-order valence-electron chi connectivity index (χ1n) is 7.88. The second kappa shape index (κ2) is 6.23. The summed E-state index contributed by atoms with van der Waals surface area (Å²) in [6, 6.07) is 7.60. The molecule has 1 aliphatic carbocycles. The van der Waals surface area contributed by atoms with E-state index in [4.69, 9.17) is 4.74 Å². The second-order valence-corrected chi connectivity index (χ2v) is 6.22. The SMILES string of the molecule is Fc1ccccc1CCNC1CCOC2(CCCC2)C1. The topological polar surface area (TPSA) is 21.3 Å². The van der Waals surface area contributed by atoms with Gasteiger partial charge in [0.2, 0.25) is 0 Å². The van der Waals surface area contributed by atoms with Crippen LogP contribution in [0.15, 0.2) is 24.3 Å². The predicted octanol–water partition coefficient (Wildman–Crippen LogP) is 3.45. The van der Waals surface area contributed by atoms with Gasteiger partial charge >= 0.3 is 0 Å². The molecule has 1 N–H and O–H groups in total. The molecule has 1 aromatic rings. The normalized spacial score (nSPS) is 25.1. The van der Waals surface area contributed by atoms with Gasteiger partial charge in [0.1, 0.15) is 5.82 Å². The van der Waals surface area contributed by atoms with Crippen LogP contribution in [0.5, 0.6) is 0 Å². The molecule has 0 aromatic heterocycles. The molecule has 3 rings (SSSR count). The van der Waals surface area contributed by atoms with Gasteiger partial charge in [-0.15, -0.1) is 0 Å². The van der Waals surface area contributed by atoms with Gasteiger partial charge in [-0.05, 0) is 50.3 Å². The molecular formula is C17H24FNO. The third kappa shape index (κ3) is 3.21. The fraction of sp³-hybridized carbons (Fsp3) is 0.647. The molecule has 1 spiro atoms. The van der Waals surface area contributed by atoms with E-state index in [1.807, 2.05) is 12.1 Å². The Balaban J connectivity index is 1.48. The lowest BCUT2D eigenvalue weighted by Crippen LogP contribution is -2.46. The van der Waals surface area contributed by atoms with Crippen molar-refractivity contribution in [2.45, 2.75) is 56.6 Å². The molecule has 110 valence electrons. The van der Waals surface area contributed by atoms with Crippen LogP contribution in [-0.2, 0) is 11.2 Å². The summed E-state index contributed by atoms with van der Waals surface area (Å²) in [5, 5.41) is 3.60. The summed E-state index contributed by atoms with van der Waals surface area (Å²) in [6.07, 6.45) is 8.03. The van der Waals surface area contributed by atoms with E-state index in [2.05, 4.69) is 5.32 Å². The van der Waals surface area contributed by atoms with Gasteiger partial charge in [0.25, 0.3) is 0 Å². The van der Waals surface area contributed by atoms with E-state index < -0.39 is 0 Å². The van der Waals surface area contributed by atoms with Crippen molar-refractivity contribution in [3.8, 4) is 0 Å². The van der Waals surface area contributed by atoms with Gasteiger partial charge < -0.3 is 10.1 Å². The molecule has 1 unspecified atom stereocenters. The highest BCUT2D eigenvalue weighted by Gasteiger charge is 2.39. The molecule has 1 saturated carbocycles. The molecule has 1 heterocycles. The van der Waals surface area contributed by atoms with Crippen LogP contribution in [0.1, 0.15) is 44.1 Å². The van der Waals surface area contributed by atoms with Crippen molar-refractivity contribution in [1.82, 2.24) is 5.32 Å². The largest absolute Gasteiger partial charge is 0.375 e. The monoisotopic (exact) mass is 277 g/mol. The average Bonchev–Trinajstić information content (AvgIpc) is 2.89. The quantitative estimate of drug-likeness (QED) is 0.910. The Bertz CT molecular complexity index is 442. The van der Waals surface area contributed by atoms with Crippen LogP contribution in [0.2, 0.25) is 0 Å². The maximum atomic E-state index is 13.5. The number of ether oxygens (including phenoxy) is 1. The minimum Gasteiger partial charge on any atom is -0.375 e. The van der Waals surface area contributed by atoms with E-state index in [0.29, 0.717) is 6.04 Å². The Morgan fingerprint density at radius 2 is 2.05 bits per heavy atom. The first-order valence-corrected chi connectivity index (χ1v) is 7.88. The van der Waals surface area contributed by atoms with Crippen LogP contribution in [0.4, 0.5) is 4.39 Å². The molecular weight excluding hydrogens is 253 g/mol. The number of rotatable bonds is 4. The standard InChI is InChI=1S/C17H24FNO/c18-16-6-2-1-5-14(16)7-11-19-15-8-12-20-17(13-15)9-3-4-10-17/h1-2,5-6,15,19H,3-4,7-13H2. The van der Waals surface area contributed by atoms with Gasteiger partial charge in [-0.1, -0.05) is 31.0 Å². The molecule has 1 atom stereocenters. The van der Waals surface area contributed by atoms with Crippen molar-refractivity contribution in [2.75, 3.05) is 13.2 Å². The summed E-state index contributed by atoms with van der Waals surface area (Å²) in [5.41, 5.74) is 0.969. The molecule has 2 fully saturated rings. The molecule has 3 heteroatoms. The van der Waals surface area contributed by atoms with Crippen molar-refractivity contribution in [1.29, 1.82) is 0 Å². The minimum atomic E-state index is -0.0893. The van der Waals surface area contributed by atoms with Gasteiger partial charge in [0.15, 0.2) is 0 Å². The third-order valence-corrected chi connectivity index (χ3v) is 4.79. The Morgan fingerprint density at radius 1 is 1.25 bits per heavy atom. The fourth-order valence-corrected chi connectivity index (χ4v) is 3.68. The summed E-state index contributed by atoms with van der Waals surface area (Å²) in [5.74, 6) is -0.0893. The molecule has 1 aliphatic heterocycles. The molecule has 20 heavy (non-hydrogen) atoms. The van der Waals surface area contributed by atoms with Crippen molar-refractivity contribution in [3.63, 3.8) is 0 Å². The number of benzene rings is 1. The van der Waals surface area contributed by atoms with E-state index in [0.717, 1.165) is 38.0 Å². The highest BCUT2D eigenvalue weighted by Crippen LogP contribution is 2.39. The summed E-state index contributed by atoms with van der Waals surface area (Å²) >= 11 is 0. The van der Waals surface area contributed by atoms with E-state index >= 15 is 0 Å². The van der Waals surface area contributed by atoms with Gasteiger partial charge in [-0.2, -0.15) is 0 Å². The lowest BCUT2D eigenvalue weighted by Gasteiger charge is -2.38. The van der Waals surface area contributed by atoms with Crippen LogP contribution in [0.3, 0.4) is 0 Å². The summed E-state index contributed by atoms with van der Waals surface area (Å²) in [4.78, 5) is 0. The molecule has 1 aromatic carbocycles. The molecule has 0 radical (unpaired) electrons. The first kappa shape index (κ1) is 14.0. The van der Waals surface area contributed by atoms with Crippen molar-refractivity contribution in [2.24, 2.45) is 0 Å². The molecule has 2 aliphatic rings. The van der Waals surface area contributed by atoms with Gasteiger partial charge in [-0.25, -0.2) is 4.39 Å². The van der Waals surface area contributed by atoms with E-state index in [1.54, 1.807) is 6.07 Å². The smallest absolute Gasteiger partial charge is 0.126 e. The Kier molecular flexibility index (Phi) is 4.37. The molecule has 2 nitrogen and oxygen atoms in total. The van der Waals surface area contributed by atoms with Crippen LogP contribution < -0.4 is 5.32 Å². The minimum absolute atomic E-state index is 0.0893. The lowest BCUT2D eigenvalue weighted by molar-refractivity contribution is -0.0834. The Hall–Kier alpha value is -0.930. The zero-order valence-corrected chi connectivity index (χ0v) is 12.0. The fourth-order valence-electron chi connectivity index (χ4n) is 3.68. The Morgan fingerprint density at radius 3 is 2.85 bits per heavy atom. The first-order chi connectivity index (χ1) is 9.77. The zero-order chi connectivity index (χ0) is 13.8. The number of halogens is 1. The van der Waals surface area contributed by atoms with Crippen molar-refractivity contribution < 1.29 is 9.13 Å². The van der Waals surface area contributed by atoms with Crippen LogP contribution in [-0.4, -0.2) is 24.8 Å². The zero-order valence-electron chi connectivity index (χ0n) is 12.0. The van der Waals surface area contributed by atoms with Gasteiger partial charge in [-0.3, -0.25) is 0 Å². The highest BCUT2D eigenvalue weighted by molar-refractivity contribution is 5.17. The Labute approximate surface area is 120 Å². The summed E-state index contributed by atoms with van der Waals surface area (Å²) in [7, 11) is 0. The molecule has 1 saturated heterocycles. The van der Waals surface area contributed by atoms with Crippen molar-refractivity contribution in [3.05, 3.63) is 35.6 Å². The predicted molar refractivity (Wildman–Crippen MR) is 78.3 cm³/mol. The molecule has 0 amide bonds. The second-order valence-electron chi connectivity index (χ2n) is 6.22. The summed E-state index contributed by atoms with van der Waals surface area (Å²) in [6.45, 7) is 1.72. The number of nitrogens with one attached hydrogen (secondary N) is 1. The maximum absolute atomic E-state index is 13.5. The van der Waals surface area contributed by atoms with Crippen LogP contribution in [0, 0.1) is 5.82 Å². The maximum Gasteiger partial charge on any atom is 0.126 e.